The van der Waals surface area contributed by atoms with Gasteiger partial charge in [-0.25, -0.2) is 8.42 Å². The predicted molar refractivity (Wildman–Crippen MR) is 161 cm³/mol. The Morgan fingerprint density at radius 3 is 2.20 bits per heavy atom. The second-order valence-electron chi connectivity index (χ2n) is 10.4. The minimum absolute atomic E-state index is 0.0603. The maximum atomic E-state index is 14.1. The third-order valence-electron chi connectivity index (χ3n) is 7.55. The lowest BCUT2D eigenvalue weighted by Crippen LogP contribution is -2.47. The molecule has 1 unspecified atom stereocenters. The number of halogens is 3. The molecule has 0 bridgehead atoms. The zero-order valence-electron chi connectivity index (χ0n) is 24.3. The molecule has 4 aromatic carbocycles. The third kappa shape index (κ3) is 6.65. The normalized spacial score (nSPS) is 14.5. The Morgan fingerprint density at radius 2 is 1.56 bits per heavy atom. The quantitative estimate of drug-likeness (QED) is 0.242. The summed E-state index contributed by atoms with van der Waals surface area (Å²) < 4.78 is 79.1. The molecule has 0 saturated carbocycles. The number of carbonyl (C=O) groups is 2. The topological polar surface area (TPSA) is 102 Å². The van der Waals surface area contributed by atoms with E-state index in [1.54, 1.807) is 42.5 Å². The summed E-state index contributed by atoms with van der Waals surface area (Å²) in [5, 5.41) is 2.82. The van der Waals surface area contributed by atoms with Crippen LogP contribution in [-0.2, 0) is 49.9 Å². The first-order valence-electron chi connectivity index (χ1n) is 13.8. The molecule has 8 nitrogen and oxygen atoms in total. The molecular formula is C33H29F3N2O6S. The first-order chi connectivity index (χ1) is 21.4. The van der Waals surface area contributed by atoms with E-state index in [9.17, 15) is 31.2 Å². The van der Waals surface area contributed by atoms with E-state index in [1.165, 1.54) is 50.6 Å². The number of carbonyl (C=O) groups excluding carboxylic acids is 2. The van der Waals surface area contributed by atoms with Gasteiger partial charge in [-0.2, -0.15) is 13.2 Å². The van der Waals surface area contributed by atoms with Gasteiger partial charge in [-0.1, -0.05) is 54.6 Å². The molecule has 234 valence electrons. The predicted octanol–water partition coefficient (Wildman–Crippen LogP) is 5.53. The molecule has 0 saturated heterocycles. The highest BCUT2D eigenvalue weighted by Gasteiger charge is 2.43. The Labute approximate surface area is 258 Å². The molecule has 5 rings (SSSR count). The van der Waals surface area contributed by atoms with Crippen LogP contribution in [0.25, 0.3) is 11.1 Å². The number of sulfonamides is 1. The van der Waals surface area contributed by atoms with Crippen LogP contribution in [0.3, 0.4) is 0 Å². The fraction of sp³-hybridized carbons (Fsp3) is 0.212. The first-order valence-corrected chi connectivity index (χ1v) is 15.3. The van der Waals surface area contributed by atoms with E-state index in [0.29, 0.717) is 22.6 Å². The fourth-order valence-electron chi connectivity index (χ4n) is 5.23. The third-order valence-corrected chi connectivity index (χ3v) is 9.39. The van der Waals surface area contributed by atoms with Crippen LogP contribution in [0.2, 0.25) is 0 Å². The Morgan fingerprint density at radius 1 is 0.889 bits per heavy atom. The fourth-order valence-corrected chi connectivity index (χ4v) is 6.87. The van der Waals surface area contributed by atoms with E-state index in [0.717, 1.165) is 27.6 Å². The molecule has 4 aromatic rings. The van der Waals surface area contributed by atoms with Crippen molar-refractivity contribution in [2.24, 2.45) is 0 Å². The highest BCUT2D eigenvalue weighted by Crippen LogP contribution is 2.42. The number of hydrogen-bond acceptors (Lipinski definition) is 6. The second kappa shape index (κ2) is 12.6. The van der Waals surface area contributed by atoms with Gasteiger partial charge < -0.3 is 14.8 Å². The second-order valence-corrected chi connectivity index (χ2v) is 12.2. The molecule has 0 spiro atoms. The van der Waals surface area contributed by atoms with Crippen LogP contribution in [0.15, 0.2) is 95.9 Å². The van der Waals surface area contributed by atoms with Gasteiger partial charge in [-0.05, 0) is 58.7 Å². The van der Waals surface area contributed by atoms with Gasteiger partial charge >= 0.3 is 12.1 Å². The van der Waals surface area contributed by atoms with Crippen molar-refractivity contribution < 1.29 is 40.7 Å². The van der Waals surface area contributed by atoms with Crippen molar-refractivity contribution in [3.05, 3.63) is 113 Å². The van der Waals surface area contributed by atoms with Crippen molar-refractivity contribution in [1.82, 2.24) is 5.32 Å². The van der Waals surface area contributed by atoms with Gasteiger partial charge in [-0.3, -0.25) is 13.9 Å². The highest BCUT2D eigenvalue weighted by atomic mass is 32.2. The van der Waals surface area contributed by atoms with E-state index in [4.69, 9.17) is 4.74 Å². The number of methoxy groups -OCH3 is 2. The Kier molecular flexibility index (Phi) is 8.87. The molecule has 1 heterocycles. The van der Waals surface area contributed by atoms with Crippen LogP contribution >= 0.6 is 0 Å². The number of nitrogens with one attached hydrogen (secondary N) is 1. The molecule has 12 heteroatoms. The number of alkyl halides is 3. The molecule has 1 aliphatic rings. The van der Waals surface area contributed by atoms with Gasteiger partial charge in [0.15, 0.2) is 0 Å². The van der Waals surface area contributed by atoms with Gasteiger partial charge in [0.2, 0.25) is 5.91 Å². The number of esters is 1. The number of ether oxygens (including phenoxy) is 2. The van der Waals surface area contributed by atoms with Crippen molar-refractivity contribution in [3.8, 4) is 16.9 Å². The summed E-state index contributed by atoms with van der Waals surface area (Å²) in [5.74, 6) is -0.473. The number of fused-ring (bicyclic) bond motifs is 1. The lowest BCUT2D eigenvalue weighted by Gasteiger charge is -2.26. The number of nitrogens with zero attached hydrogens (tertiary/aromatic N) is 1. The zero-order valence-corrected chi connectivity index (χ0v) is 25.1. The van der Waals surface area contributed by atoms with Crippen LogP contribution < -0.4 is 14.4 Å². The monoisotopic (exact) mass is 638 g/mol. The average molecular weight is 639 g/mol. The summed E-state index contributed by atoms with van der Waals surface area (Å²) >= 11 is 0. The van der Waals surface area contributed by atoms with Crippen LogP contribution in [0.5, 0.6) is 5.75 Å². The van der Waals surface area contributed by atoms with E-state index in [1.807, 2.05) is 0 Å². The Bertz CT molecular complexity index is 1820. The van der Waals surface area contributed by atoms with Crippen LogP contribution in [0.4, 0.5) is 18.9 Å². The number of rotatable bonds is 9. The van der Waals surface area contributed by atoms with Crippen LogP contribution in [-0.4, -0.2) is 40.6 Å². The molecule has 1 aliphatic heterocycles. The molecule has 45 heavy (non-hydrogen) atoms. The zero-order chi connectivity index (χ0) is 32.4. The molecule has 0 radical (unpaired) electrons. The maximum absolute atomic E-state index is 14.1. The van der Waals surface area contributed by atoms with Gasteiger partial charge in [0.1, 0.15) is 11.8 Å². The van der Waals surface area contributed by atoms with Crippen molar-refractivity contribution in [1.29, 1.82) is 0 Å². The van der Waals surface area contributed by atoms with Gasteiger partial charge in [0.25, 0.3) is 10.0 Å². The maximum Gasteiger partial charge on any atom is 0.416 e. The van der Waals surface area contributed by atoms with Crippen molar-refractivity contribution in [3.63, 3.8) is 0 Å². The van der Waals surface area contributed by atoms with Crippen molar-refractivity contribution >= 4 is 27.6 Å². The lowest BCUT2D eigenvalue weighted by molar-refractivity contribution is -0.140. The summed E-state index contributed by atoms with van der Waals surface area (Å²) in [6.45, 7) is 0.112. The van der Waals surface area contributed by atoms with Gasteiger partial charge in [0.05, 0.1) is 36.8 Å². The van der Waals surface area contributed by atoms with Crippen molar-refractivity contribution in [2.45, 2.75) is 36.5 Å². The molecular weight excluding hydrogens is 609 g/mol. The average Bonchev–Trinajstić information content (AvgIpc) is 3.45. The summed E-state index contributed by atoms with van der Waals surface area (Å²) in [5.41, 5.74) is 2.19. The summed E-state index contributed by atoms with van der Waals surface area (Å²) in [6, 6.07) is 21.0. The number of hydrogen-bond donors (Lipinski definition) is 1. The summed E-state index contributed by atoms with van der Waals surface area (Å²) in [7, 11) is -1.55. The van der Waals surface area contributed by atoms with E-state index < -0.39 is 33.7 Å². The standard InChI is InChI=1S/C33H29F3N2O6S/c1-43-30-8-4-7-28-27(30)19-29(32(40)37-20-22-11-9-21(10-12-22)17-31(39)44-2)38(28)45(41,42)26-15-13-23(14-16-26)24-5-3-6-25(18-24)33(34,35)36/h3-16,18,29H,17,19-20H2,1-2H3,(H,37,40). The minimum atomic E-state index is -4.52. The van der Waals surface area contributed by atoms with Crippen LogP contribution in [0, 0.1) is 0 Å². The summed E-state index contributed by atoms with van der Waals surface area (Å²) in [6.07, 6.45) is -4.35. The first kappa shape index (κ1) is 31.6. The molecule has 0 fully saturated rings. The molecule has 0 aliphatic carbocycles. The molecule has 1 atom stereocenters. The minimum Gasteiger partial charge on any atom is -0.496 e. The summed E-state index contributed by atoms with van der Waals surface area (Å²) in [4.78, 5) is 25.0. The largest absolute Gasteiger partial charge is 0.496 e. The smallest absolute Gasteiger partial charge is 0.416 e. The van der Waals surface area contributed by atoms with E-state index in [2.05, 4.69) is 10.1 Å². The molecule has 1 amide bonds. The van der Waals surface area contributed by atoms with E-state index >= 15 is 0 Å². The SMILES string of the molecule is COC(=O)Cc1ccc(CNC(=O)C2Cc3c(OC)cccc3N2S(=O)(=O)c2ccc(-c3cccc(C(F)(F)F)c3)cc2)cc1. The Balaban J connectivity index is 1.41. The van der Waals surface area contributed by atoms with Gasteiger partial charge in [0, 0.05) is 18.5 Å². The van der Waals surface area contributed by atoms with Crippen molar-refractivity contribution in [2.75, 3.05) is 18.5 Å². The molecule has 0 aromatic heterocycles. The lowest BCUT2D eigenvalue weighted by atomic mass is 10.0. The van der Waals surface area contributed by atoms with Gasteiger partial charge in [-0.15, -0.1) is 0 Å². The van der Waals surface area contributed by atoms with E-state index in [-0.39, 0.29) is 35.8 Å². The number of amides is 1. The van der Waals surface area contributed by atoms with Crippen LogP contribution in [0.1, 0.15) is 22.3 Å². The Hall–Kier alpha value is -4.84. The molecule has 1 N–H and O–H groups in total. The highest BCUT2D eigenvalue weighted by molar-refractivity contribution is 7.93. The number of benzene rings is 4. The number of anilines is 1.